The zero-order chi connectivity index (χ0) is 9.26. The molecule has 2 unspecified atom stereocenters. The van der Waals surface area contributed by atoms with Crippen LogP contribution in [0.2, 0.25) is 0 Å². The molecule has 0 aliphatic heterocycles. The average molecular weight is 180 g/mol. The molecule has 2 aliphatic rings. The quantitative estimate of drug-likeness (QED) is 0.559. The van der Waals surface area contributed by atoms with Crippen LogP contribution in [0.1, 0.15) is 51.9 Å². The second-order valence-corrected chi connectivity index (χ2v) is 4.89. The third-order valence-electron chi connectivity index (χ3n) is 4.05. The Balaban J connectivity index is 2.13. The van der Waals surface area contributed by atoms with Crippen molar-refractivity contribution in [2.45, 2.75) is 51.9 Å². The molecule has 74 valence electrons. The van der Waals surface area contributed by atoms with E-state index < -0.39 is 0 Å². The lowest BCUT2D eigenvalue weighted by Crippen LogP contribution is -2.29. The highest BCUT2D eigenvalue weighted by atomic mass is 16.1. The van der Waals surface area contributed by atoms with Gasteiger partial charge >= 0.3 is 0 Å². The fourth-order valence-electron chi connectivity index (χ4n) is 3.24. The second-order valence-electron chi connectivity index (χ2n) is 4.89. The Hall–Kier alpha value is -0.330. The number of hydrogen-bond acceptors (Lipinski definition) is 1. The van der Waals surface area contributed by atoms with Crippen LogP contribution < -0.4 is 0 Å². The molecule has 2 saturated carbocycles. The summed E-state index contributed by atoms with van der Waals surface area (Å²) in [5, 5.41) is 0. The second kappa shape index (κ2) is 3.81. The molecule has 0 spiro atoms. The standard InChI is InChI=1S/C12H20O/c1-9-5-4-8-12(13)11-7-3-2-6-10(9)11/h9-11H,2-8H2,1H3/t9?,10-,11?/m1/s1. The minimum Gasteiger partial charge on any atom is -0.299 e. The summed E-state index contributed by atoms with van der Waals surface area (Å²) in [6.45, 7) is 2.35. The number of fused-ring (bicyclic) bond motifs is 1. The lowest BCUT2D eigenvalue weighted by molar-refractivity contribution is -0.125. The largest absolute Gasteiger partial charge is 0.299 e. The van der Waals surface area contributed by atoms with E-state index in [2.05, 4.69) is 6.92 Å². The SMILES string of the molecule is CC1CCCC(=O)C2CCCC[C@H]12. The molecule has 0 aromatic heterocycles. The number of hydrogen-bond donors (Lipinski definition) is 0. The summed E-state index contributed by atoms with van der Waals surface area (Å²) in [5.74, 6) is 2.57. The number of rotatable bonds is 0. The minimum absolute atomic E-state index is 0.450. The molecule has 1 nitrogen and oxygen atoms in total. The summed E-state index contributed by atoms with van der Waals surface area (Å²) in [4.78, 5) is 11.8. The Labute approximate surface area is 80.9 Å². The van der Waals surface area contributed by atoms with Gasteiger partial charge in [0.15, 0.2) is 0 Å². The van der Waals surface area contributed by atoms with Gasteiger partial charge in [-0.15, -0.1) is 0 Å². The molecule has 2 aliphatic carbocycles. The highest BCUT2D eigenvalue weighted by molar-refractivity contribution is 5.81. The molecule has 0 saturated heterocycles. The zero-order valence-electron chi connectivity index (χ0n) is 8.59. The van der Waals surface area contributed by atoms with Crippen molar-refractivity contribution in [1.82, 2.24) is 0 Å². The maximum Gasteiger partial charge on any atom is 0.136 e. The van der Waals surface area contributed by atoms with E-state index in [0.29, 0.717) is 11.7 Å². The topological polar surface area (TPSA) is 17.1 Å². The van der Waals surface area contributed by atoms with Crippen molar-refractivity contribution in [2.75, 3.05) is 0 Å². The Bertz CT molecular complexity index is 197. The number of carbonyl (C=O) groups is 1. The van der Waals surface area contributed by atoms with Gasteiger partial charge in [-0.05, 0) is 31.1 Å². The van der Waals surface area contributed by atoms with E-state index in [1.165, 1.54) is 32.1 Å². The average Bonchev–Trinajstić information content (AvgIpc) is 2.29. The third kappa shape index (κ3) is 1.79. The third-order valence-corrected chi connectivity index (χ3v) is 4.05. The first-order chi connectivity index (χ1) is 6.29. The van der Waals surface area contributed by atoms with Crippen LogP contribution in [-0.4, -0.2) is 5.78 Å². The zero-order valence-corrected chi connectivity index (χ0v) is 8.59. The maximum absolute atomic E-state index is 11.8. The van der Waals surface area contributed by atoms with Gasteiger partial charge in [-0.2, -0.15) is 0 Å². The van der Waals surface area contributed by atoms with Gasteiger partial charge in [0.25, 0.3) is 0 Å². The van der Waals surface area contributed by atoms with E-state index in [1.54, 1.807) is 0 Å². The van der Waals surface area contributed by atoms with Crippen molar-refractivity contribution in [3.8, 4) is 0 Å². The molecule has 13 heavy (non-hydrogen) atoms. The highest BCUT2D eigenvalue weighted by Crippen LogP contribution is 2.40. The van der Waals surface area contributed by atoms with Gasteiger partial charge in [0.05, 0.1) is 0 Å². The molecule has 0 heterocycles. The Morgan fingerprint density at radius 1 is 1.08 bits per heavy atom. The first kappa shape index (κ1) is 9.23. The van der Waals surface area contributed by atoms with Gasteiger partial charge in [0, 0.05) is 12.3 Å². The van der Waals surface area contributed by atoms with Gasteiger partial charge in [0.2, 0.25) is 0 Å². The first-order valence-electron chi connectivity index (χ1n) is 5.82. The highest BCUT2D eigenvalue weighted by Gasteiger charge is 2.35. The van der Waals surface area contributed by atoms with Gasteiger partial charge in [-0.3, -0.25) is 4.79 Å². The summed E-state index contributed by atoms with van der Waals surface area (Å²) in [6.07, 6.45) is 8.45. The van der Waals surface area contributed by atoms with Gasteiger partial charge in [-0.25, -0.2) is 0 Å². The number of ketones is 1. The van der Waals surface area contributed by atoms with E-state index in [9.17, 15) is 4.79 Å². The maximum atomic E-state index is 11.8. The molecule has 2 fully saturated rings. The normalized spacial score (nSPS) is 41.0. The smallest absolute Gasteiger partial charge is 0.136 e. The number of carbonyl (C=O) groups excluding carboxylic acids is 1. The van der Waals surface area contributed by atoms with Crippen molar-refractivity contribution < 1.29 is 4.79 Å². The molecular weight excluding hydrogens is 160 g/mol. The Kier molecular flexibility index (Phi) is 2.71. The molecule has 0 aromatic rings. The van der Waals surface area contributed by atoms with Crippen LogP contribution in [-0.2, 0) is 4.79 Å². The summed E-state index contributed by atoms with van der Waals surface area (Å²) in [6, 6.07) is 0. The van der Waals surface area contributed by atoms with Crippen LogP contribution in [0.25, 0.3) is 0 Å². The molecular formula is C12H20O. The number of Topliss-reactive ketones (excluding diaryl/α,β-unsaturated/α-hetero) is 1. The summed E-state index contributed by atoms with van der Waals surface area (Å²) in [5.41, 5.74) is 0. The minimum atomic E-state index is 0.450. The van der Waals surface area contributed by atoms with E-state index >= 15 is 0 Å². The predicted molar refractivity (Wildman–Crippen MR) is 53.5 cm³/mol. The van der Waals surface area contributed by atoms with E-state index in [1.807, 2.05) is 0 Å². The van der Waals surface area contributed by atoms with Crippen LogP contribution in [0.3, 0.4) is 0 Å². The monoisotopic (exact) mass is 180 g/mol. The van der Waals surface area contributed by atoms with Crippen LogP contribution in [0, 0.1) is 17.8 Å². The van der Waals surface area contributed by atoms with Gasteiger partial charge < -0.3 is 0 Å². The van der Waals surface area contributed by atoms with E-state index in [0.717, 1.165) is 24.7 Å². The summed E-state index contributed by atoms with van der Waals surface area (Å²) in [7, 11) is 0. The lowest BCUT2D eigenvalue weighted by atomic mass is 9.72. The molecule has 0 amide bonds. The first-order valence-corrected chi connectivity index (χ1v) is 5.82. The summed E-state index contributed by atoms with van der Waals surface area (Å²) >= 11 is 0. The van der Waals surface area contributed by atoms with Crippen molar-refractivity contribution in [1.29, 1.82) is 0 Å². The van der Waals surface area contributed by atoms with Gasteiger partial charge in [-0.1, -0.05) is 26.2 Å². The Morgan fingerprint density at radius 2 is 1.85 bits per heavy atom. The fourth-order valence-corrected chi connectivity index (χ4v) is 3.24. The van der Waals surface area contributed by atoms with Crippen molar-refractivity contribution in [3.63, 3.8) is 0 Å². The molecule has 1 heteroatoms. The molecule has 0 bridgehead atoms. The van der Waals surface area contributed by atoms with E-state index in [4.69, 9.17) is 0 Å². The molecule has 3 atom stereocenters. The fraction of sp³-hybridized carbons (Fsp3) is 0.917. The molecule has 0 N–H and O–H groups in total. The van der Waals surface area contributed by atoms with Gasteiger partial charge in [0.1, 0.15) is 5.78 Å². The van der Waals surface area contributed by atoms with Crippen molar-refractivity contribution in [2.24, 2.45) is 17.8 Å². The van der Waals surface area contributed by atoms with Crippen molar-refractivity contribution in [3.05, 3.63) is 0 Å². The van der Waals surface area contributed by atoms with E-state index in [-0.39, 0.29) is 0 Å². The molecule has 0 radical (unpaired) electrons. The lowest BCUT2D eigenvalue weighted by Gasteiger charge is -2.32. The van der Waals surface area contributed by atoms with Crippen LogP contribution >= 0.6 is 0 Å². The predicted octanol–water partition coefficient (Wildman–Crippen LogP) is 3.18. The van der Waals surface area contributed by atoms with Crippen LogP contribution in [0.5, 0.6) is 0 Å². The van der Waals surface area contributed by atoms with Crippen LogP contribution in [0.4, 0.5) is 0 Å². The van der Waals surface area contributed by atoms with Crippen molar-refractivity contribution >= 4 is 5.78 Å². The summed E-state index contributed by atoms with van der Waals surface area (Å²) < 4.78 is 0. The Morgan fingerprint density at radius 3 is 2.69 bits per heavy atom. The van der Waals surface area contributed by atoms with Crippen LogP contribution in [0.15, 0.2) is 0 Å². The molecule has 0 aromatic carbocycles. The molecule has 2 rings (SSSR count).